The Morgan fingerprint density at radius 2 is 2.27 bits per heavy atom. The zero-order valence-corrected chi connectivity index (χ0v) is 9.37. The molecular weight excluding hydrogens is 186 g/mol. The van der Waals surface area contributed by atoms with Crippen molar-refractivity contribution in [3.05, 3.63) is 12.0 Å². The average molecular weight is 205 g/mol. The van der Waals surface area contributed by atoms with Gasteiger partial charge in [-0.25, -0.2) is 4.98 Å². The second-order valence-corrected chi connectivity index (χ2v) is 3.72. The maximum atomic E-state index is 5.91. The first-order chi connectivity index (χ1) is 7.29. The molecule has 1 aromatic heterocycles. The largest absolute Gasteiger partial charge is 0.384 e. The van der Waals surface area contributed by atoms with E-state index in [2.05, 4.69) is 17.8 Å². The van der Waals surface area contributed by atoms with E-state index in [4.69, 9.17) is 12.2 Å². The number of aryl methyl sites for hydroxylation is 1. The van der Waals surface area contributed by atoms with Gasteiger partial charge in [0.25, 0.3) is 0 Å². The summed E-state index contributed by atoms with van der Waals surface area (Å²) >= 11 is 0. The summed E-state index contributed by atoms with van der Waals surface area (Å²) in [7, 11) is 0. The van der Waals surface area contributed by atoms with Gasteiger partial charge in [0, 0.05) is 0 Å². The van der Waals surface area contributed by atoms with Crippen LogP contribution in [0.15, 0.2) is 6.33 Å². The second-order valence-electron chi connectivity index (χ2n) is 3.72. The molecule has 1 heterocycles. The molecule has 82 valence electrons. The minimum atomic E-state index is 0.508. The van der Waals surface area contributed by atoms with E-state index in [1.165, 1.54) is 19.3 Å². The summed E-state index contributed by atoms with van der Waals surface area (Å²) in [5.41, 5.74) is 6.90. The van der Waals surface area contributed by atoms with E-state index in [0.29, 0.717) is 6.54 Å². The standard InChI is InChI=1S/C12H19N3/c1-3-5-6-7-8-11-12(13)15(9-4-2)10-14-11/h2,10H,3,5-9,13H2,1H3. The van der Waals surface area contributed by atoms with Gasteiger partial charge in [0.1, 0.15) is 5.82 Å². The lowest BCUT2D eigenvalue weighted by Gasteiger charge is -2.01. The van der Waals surface area contributed by atoms with Crippen LogP contribution in [0, 0.1) is 12.3 Å². The number of hydrogen-bond acceptors (Lipinski definition) is 2. The number of unbranched alkanes of at least 4 members (excludes halogenated alkanes) is 3. The highest BCUT2D eigenvalue weighted by atomic mass is 15.1. The summed E-state index contributed by atoms with van der Waals surface area (Å²) < 4.78 is 1.81. The van der Waals surface area contributed by atoms with E-state index in [0.717, 1.165) is 24.4 Å². The Morgan fingerprint density at radius 3 is 2.93 bits per heavy atom. The molecule has 15 heavy (non-hydrogen) atoms. The van der Waals surface area contributed by atoms with Crippen molar-refractivity contribution in [3.8, 4) is 12.3 Å². The van der Waals surface area contributed by atoms with Crippen LogP contribution in [-0.4, -0.2) is 9.55 Å². The minimum absolute atomic E-state index is 0.508. The van der Waals surface area contributed by atoms with Crippen molar-refractivity contribution in [3.63, 3.8) is 0 Å². The van der Waals surface area contributed by atoms with Crippen molar-refractivity contribution >= 4 is 5.82 Å². The Morgan fingerprint density at radius 1 is 1.47 bits per heavy atom. The summed E-state index contributed by atoms with van der Waals surface area (Å²) in [5, 5.41) is 0. The molecule has 0 spiro atoms. The molecular formula is C12H19N3. The summed E-state index contributed by atoms with van der Waals surface area (Å²) in [6.07, 6.45) is 12.9. The Bertz CT molecular complexity index is 333. The predicted octanol–water partition coefficient (Wildman–Crippen LogP) is 2.22. The highest BCUT2D eigenvalue weighted by Gasteiger charge is 2.05. The van der Waals surface area contributed by atoms with Gasteiger partial charge in [-0.1, -0.05) is 32.1 Å². The van der Waals surface area contributed by atoms with Crippen molar-refractivity contribution in [2.45, 2.75) is 45.6 Å². The number of imidazole rings is 1. The molecule has 0 saturated heterocycles. The smallest absolute Gasteiger partial charge is 0.127 e. The van der Waals surface area contributed by atoms with Crippen molar-refractivity contribution in [2.75, 3.05) is 5.73 Å². The third-order valence-electron chi connectivity index (χ3n) is 2.49. The van der Waals surface area contributed by atoms with Crippen LogP contribution in [0.5, 0.6) is 0 Å². The molecule has 0 atom stereocenters. The molecule has 0 aliphatic carbocycles. The maximum absolute atomic E-state index is 5.91. The van der Waals surface area contributed by atoms with Crippen LogP contribution in [0.2, 0.25) is 0 Å². The fourth-order valence-corrected chi connectivity index (χ4v) is 1.57. The van der Waals surface area contributed by atoms with Crippen molar-refractivity contribution < 1.29 is 0 Å². The lowest BCUT2D eigenvalue weighted by atomic mass is 10.1. The molecule has 3 nitrogen and oxygen atoms in total. The van der Waals surface area contributed by atoms with Gasteiger partial charge in [-0.2, -0.15) is 0 Å². The van der Waals surface area contributed by atoms with Gasteiger partial charge in [0.05, 0.1) is 18.6 Å². The maximum Gasteiger partial charge on any atom is 0.127 e. The molecule has 0 fully saturated rings. The van der Waals surface area contributed by atoms with Crippen LogP contribution < -0.4 is 5.73 Å². The average Bonchev–Trinajstić information content (AvgIpc) is 2.57. The summed E-state index contributed by atoms with van der Waals surface area (Å²) in [5.74, 6) is 3.28. The number of anilines is 1. The van der Waals surface area contributed by atoms with Crippen LogP contribution in [-0.2, 0) is 13.0 Å². The third-order valence-corrected chi connectivity index (χ3v) is 2.49. The van der Waals surface area contributed by atoms with Gasteiger partial charge < -0.3 is 10.3 Å². The van der Waals surface area contributed by atoms with Gasteiger partial charge in [-0.15, -0.1) is 6.42 Å². The van der Waals surface area contributed by atoms with E-state index in [1.807, 2.05) is 4.57 Å². The SMILES string of the molecule is C#CCn1cnc(CCCCCC)c1N. The van der Waals surface area contributed by atoms with Crippen LogP contribution in [0.4, 0.5) is 5.82 Å². The first-order valence-corrected chi connectivity index (χ1v) is 5.52. The van der Waals surface area contributed by atoms with Gasteiger partial charge in [-0.3, -0.25) is 0 Å². The molecule has 0 bridgehead atoms. The first-order valence-electron chi connectivity index (χ1n) is 5.52. The van der Waals surface area contributed by atoms with Crippen molar-refractivity contribution in [1.29, 1.82) is 0 Å². The topological polar surface area (TPSA) is 43.8 Å². The Balaban J connectivity index is 2.44. The Hall–Kier alpha value is -1.43. The molecule has 0 amide bonds. The van der Waals surface area contributed by atoms with Gasteiger partial charge >= 0.3 is 0 Å². The summed E-state index contributed by atoms with van der Waals surface area (Å²) in [6.45, 7) is 2.71. The number of rotatable bonds is 6. The third kappa shape index (κ3) is 3.32. The number of hydrogen-bond donors (Lipinski definition) is 1. The molecule has 0 aromatic carbocycles. The fourth-order valence-electron chi connectivity index (χ4n) is 1.57. The molecule has 0 radical (unpaired) electrons. The monoisotopic (exact) mass is 205 g/mol. The number of nitrogens with zero attached hydrogens (tertiary/aromatic N) is 2. The summed E-state index contributed by atoms with van der Waals surface area (Å²) in [6, 6.07) is 0. The van der Waals surface area contributed by atoms with E-state index in [1.54, 1.807) is 6.33 Å². The second kappa shape index (κ2) is 6.13. The highest BCUT2D eigenvalue weighted by molar-refractivity contribution is 5.36. The van der Waals surface area contributed by atoms with E-state index in [9.17, 15) is 0 Å². The summed E-state index contributed by atoms with van der Waals surface area (Å²) in [4.78, 5) is 4.27. The molecule has 2 N–H and O–H groups in total. The van der Waals surface area contributed by atoms with Gasteiger partial charge in [-0.05, 0) is 12.8 Å². The zero-order chi connectivity index (χ0) is 11.1. The zero-order valence-electron chi connectivity index (χ0n) is 9.37. The van der Waals surface area contributed by atoms with E-state index in [-0.39, 0.29) is 0 Å². The minimum Gasteiger partial charge on any atom is -0.384 e. The molecule has 1 aromatic rings. The van der Waals surface area contributed by atoms with Crippen LogP contribution in [0.3, 0.4) is 0 Å². The first kappa shape index (κ1) is 11.6. The van der Waals surface area contributed by atoms with Gasteiger partial charge in [0.15, 0.2) is 0 Å². The van der Waals surface area contributed by atoms with Crippen molar-refractivity contribution in [2.24, 2.45) is 0 Å². The molecule has 3 heteroatoms. The molecule has 1 rings (SSSR count). The number of terminal acetylenes is 1. The predicted molar refractivity (Wildman–Crippen MR) is 63.3 cm³/mol. The Labute approximate surface area is 91.7 Å². The fraction of sp³-hybridized carbons (Fsp3) is 0.583. The van der Waals surface area contributed by atoms with Crippen molar-refractivity contribution in [1.82, 2.24) is 9.55 Å². The van der Waals surface area contributed by atoms with E-state index < -0.39 is 0 Å². The lowest BCUT2D eigenvalue weighted by molar-refractivity contribution is 0.662. The van der Waals surface area contributed by atoms with Gasteiger partial charge in [0.2, 0.25) is 0 Å². The normalized spacial score (nSPS) is 10.1. The molecule has 0 aliphatic heterocycles. The van der Waals surface area contributed by atoms with Crippen LogP contribution in [0.25, 0.3) is 0 Å². The quantitative estimate of drug-likeness (QED) is 0.571. The lowest BCUT2D eigenvalue weighted by Crippen LogP contribution is -2.02. The Kier molecular flexibility index (Phi) is 4.76. The van der Waals surface area contributed by atoms with E-state index >= 15 is 0 Å². The number of aromatic nitrogens is 2. The number of nitrogens with two attached hydrogens (primary N) is 1. The van der Waals surface area contributed by atoms with Crippen LogP contribution in [0.1, 0.15) is 38.3 Å². The number of nitrogen functional groups attached to an aromatic ring is 1. The molecule has 0 unspecified atom stereocenters. The molecule has 0 saturated carbocycles. The molecule has 0 aliphatic rings. The highest BCUT2D eigenvalue weighted by Crippen LogP contribution is 2.13. The van der Waals surface area contributed by atoms with Crippen LogP contribution >= 0.6 is 0 Å².